The third kappa shape index (κ3) is 3.79. The van der Waals surface area contributed by atoms with Crippen LogP contribution in [0, 0.1) is 6.92 Å². The lowest BCUT2D eigenvalue weighted by Gasteiger charge is -2.40. The zero-order valence-corrected chi connectivity index (χ0v) is 12.9. The van der Waals surface area contributed by atoms with Gasteiger partial charge in [-0.05, 0) is 19.8 Å². The lowest BCUT2D eigenvalue weighted by atomic mass is 9.97. The number of hydrogen-bond donors (Lipinski definition) is 1. The van der Waals surface area contributed by atoms with E-state index in [1.807, 2.05) is 6.92 Å². The number of carbonyl (C=O) groups excluding carboxylic acids is 1. The van der Waals surface area contributed by atoms with Crippen molar-refractivity contribution in [3.05, 3.63) is 17.5 Å². The molecule has 1 saturated heterocycles. The first-order valence-electron chi connectivity index (χ1n) is 7.24. The molecule has 2 rings (SSSR count). The number of nitrogens with one attached hydrogen (secondary N) is 1. The van der Waals surface area contributed by atoms with Crippen LogP contribution in [0.15, 0.2) is 6.20 Å². The molecule has 0 aliphatic carbocycles. The fourth-order valence-electron chi connectivity index (χ4n) is 2.91. The largest absolute Gasteiger partial charge is 0.404 e. The van der Waals surface area contributed by atoms with Gasteiger partial charge in [-0.1, -0.05) is 0 Å². The Morgan fingerprint density at radius 2 is 2.14 bits per heavy atom. The number of alkyl halides is 3. The van der Waals surface area contributed by atoms with Crippen LogP contribution in [-0.4, -0.2) is 45.4 Å². The Balaban J connectivity index is 2.16. The monoisotopic (exact) mass is 318 g/mol. The second-order valence-corrected chi connectivity index (χ2v) is 5.84. The molecule has 2 heterocycles. The molecule has 0 bridgehead atoms. The van der Waals surface area contributed by atoms with E-state index in [0.717, 1.165) is 11.3 Å². The summed E-state index contributed by atoms with van der Waals surface area (Å²) in [6.45, 7) is 3.59. The Morgan fingerprint density at radius 1 is 1.45 bits per heavy atom. The summed E-state index contributed by atoms with van der Waals surface area (Å²) in [7, 11) is 1.76. The van der Waals surface area contributed by atoms with Crippen LogP contribution in [0.4, 0.5) is 13.2 Å². The van der Waals surface area contributed by atoms with Gasteiger partial charge >= 0.3 is 6.18 Å². The molecule has 1 aliphatic rings. The van der Waals surface area contributed by atoms with Crippen molar-refractivity contribution >= 4 is 5.91 Å². The number of aromatic nitrogens is 2. The molecule has 0 spiro atoms. The van der Waals surface area contributed by atoms with Crippen molar-refractivity contribution in [2.24, 2.45) is 7.05 Å². The third-order valence-electron chi connectivity index (χ3n) is 4.18. The van der Waals surface area contributed by atoms with Gasteiger partial charge in [0.1, 0.15) is 6.04 Å². The highest BCUT2D eigenvalue weighted by molar-refractivity contribution is 5.73. The molecule has 1 amide bonds. The molecule has 0 radical (unpaired) electrons. The van der Waals surface area contributed by atoms with Crippen molar-refractivity contribution in [2.45, 2.75) is 51.5 Å². The first kappa shape index (κ1) is 16.8. The highest BCUT2D eigenvalue weighted by atomic mass is 19.4. The van der Waals surface area contributed by atoms with E-state index in [-0.39, 0.29) is 31.5 Å². The van der Waals surface area contributed by atoms with E-state index < -0.39 is 12.2 Å². The van der Waals surface area contributed by atoms with Crippen LogP contribution in [0.2, 0.25) is 0 Å². The van der Waals surface area contributed by atoms with Crippen molar-refractivity contribution in [1.82, 2.24) is 20.0 Å². The molecule has 1 aromatic rings. The minimum absolute atomic E-state index is 0.00619. The Labute approximate surface area is 127 Å². The van der Waals surface area contributed by atoms with Crippen molar-refractivity contribution in [3.8, 4) is 0 Å². The number of piperidine rings is 1. The van der Waals surface area contributed by atoms with E-state index in [0.29, 0.717) is 6.42 Å². The number of amides is 1. The molecule has 0 aromatic carbocycles. The number of hydrogen-bond acceptors (Lipinski definition) is 3. The average molecular weight is 318 g/mol. The fourth-order valence-corrected chi connectivity index (χ4v) is 2.91. The SMILES string of the molecule is CC(=O)N[C@@H]1CC[C@H](C(F)(F)F)N(Cc2cnn(C)c2C)C1. The van der Waals surface area contributed by atoms with Crippen LogP contribution in [0.25, 0.3) is 0 Å². The highest BCUT2D eigenvalue weighted by Gasteiger charge is 2.46. The third-order valence-corrected chi connectivity index (χ3v) is 4.18. The predicted octanol–water partition coefficient (Wildman–Crippen LogP) is 1.76. The molecule has 0 unspecified atom stereocenters. The normalized spacial score (nSPS) is 23.5. The summed E-state index contributed by atoms with van der Waals surface area (Å²) in [5, 5.41) is 6.80. The summed E-state index contributed by atoms with van der Waals surface area (Å²) in [6, 6.07) is -1.72. The van der Waals surface area contributed by atoms with Gasteiger partial charge in [0.2, 0.25) is 5.91 Å². The van der Waals surface area contributed by atoms with Gasteiger partial charge in [0, 0.05) is 44.4 Å². The summed E-state index contributed by atoms with van der Waals surface area (Å²) in [5.41, 5.74) is 1.63. The molecule has 2 atom stereocenters. The molecule has 1 fully saturated rings. The number of likely N-dealkylation sites (tertiary alicyclic amines) is 1. The van der Waals surface area contributed by atoms with Gasteiger partial charge < -0.3 is 5.32 Å². The molecule has 1 N–H and O–H groups in total. The van der Waals surface area contributed by atoms with E-state index in [1.165, 1.54) is 11.8 Å². The minimum atomic E-state index is -4.27. The molecule has 124 valence electrons. The maximum Gasteiger partial charge on any atom is 0.404 e. The maximum atomic E-state index is 13.2. The molecule has 5 nitrogen and oxygen atoms in total. The summed E-state index contributed by atoms with van der Waals surface area (Å²) >= 11 is 0. The second kappa shape index (κ2) is 6.28. The van der Waals surface area contributed by atoms with E-state index in [1.54, 1.807) is 17.9 Å². The van der Waals surface area contributed by atoms with Crippen molar-refractivity contribution in [3.63, 3.8) is 0 Å². The van der Waals surface area contributed by atoms with Gasteiger partial charge in [0.05, 0.1) is 6.20 Å². The first-order chi connectivity index (χ1) is 10.2. The van der Waals surface area contributed by atoms with Crippen molar-refractivity contribution in [1.29, 1.82) is 0 Å². The Bertz CT molecular complexity index is 541. The lowest BCUT2D eigenvalue weighted by Crippen LogP contribution is -2.55. The highest BCUT2D eigenvalue weighted by Crippen LogP contribution is 2.33. The van der Waals surface area contributed by atoms with Crippen LogP contribution in [0.5, 0.6) is 0 Å². The maximum absolute atomic E-state index is 13.2. The number of nitrogens with zero attached hydrogens (tertiary/aromatic N) is 3. The summed E-state index contributed by atoms with van der Waals surface area (Å²) in [6.07, 6.45) is -2.33. The summed E-state index contributed by atoms with van der Waals surface area (Å²) < 4.78 is 41.4. The zero-order chi connectivity index (χ0) is 16.5. The van der Waals surface area contributed by atoms with Crippen molar-refractivity contribution in [2.75, 3.05) is 6.54 Å². The van der Waals surface area contributed by atoms with Gasteiger partial charge in [-0.2, -0.15) is 18.3 Å². The van der Waals surface area contributed by atoms with Crippen molar-refractivity contribution < 1.29 is 18.0 Å². The molecule has 8 heteroatoms. The number of halogens is 3. The van der Waals surface area contributed by atoms with E-state index in [4.69, 9.17) is 0 Å². The summed E-state index contributed by atoms with van der Waals surface area (Å²) in [5.74, 6) is -0.215. The molecule has 22 heavy (non-hydrogen) atoms. The number of aryl methyl sites for hydroxylation is 1. The smallest absolute Gasteiger partial charge is 0.352 e. The van der Waals surface area contributed by atoms with Gasteiger partial charge in [-0.15, -0.1) is 0 Å². The topological polar surface area (TPSA) is 50.2 Å². The van der Waals surface area contributed by atoms with Gasteiger partial charge in [-0.25, -0.2) is 0 Å². The van der Waals surface area contributed by atoms with Crippen LogP contribution >= 0.6 is 0 Å². The predicted molar refractivity (Wildman–Crippen MR) is 75.0 cm³/mol. The standard InChI is InChI=1S/C14H21F3N4O/c1-9-11(6-18-20(9)3)7-21-8-12(19-10(2)22)4-5-13(21)14(15,16)17/h6,12-13H,4-5,7-8H2,1-3H3,(H,19,22)/t12-,13-/m1/s1. The Morgan fingerprint density at radius 3 is 2.64 bits per heavy atom. The van der Waals surface area contributed by atoms with Crippen LogP contribution in [-0.2, 0) is 18.4 Å². The fraction of sp³-hybridized carbons (Fsp3) is 0.714. The van der Waals surface area contributed by atoms with Crippen LogP contribution in [0.3, 0.4) is 0 Å². The molecular weight excluding hydrogens is 297 g/mol. The zero-order valence-electron chi connectivity index (χ0n) is 12.9. The van der Waals surface area contributed by atoms with Crippen LogP contribution < -0.4 is 5.32 Å². The molecule has 0 saturated carbocycles. The van der Waals surface area contributed by atoms with Gasteiger partial charge in [0.25, 0.3) is 0 Å². The molecule has 1 aromatic heterocycles. The van der Waals surface area contributed by atoms with E-state index in [2.05, 4.69) is 10.4 Å². The number of carbonyl (C=O) groups is 1. The minimum Gasteiger partial charge on any atom is -0.352 e. The average Bonchev–Trinajstić information content (AvgIpc) is 2.69. The second-order valence-electron chi connectivity index (χ2n) is 5.84. The lowest BCUT2D eigenvalue weighted by molar-refractivity contribution is -0.194. The van der Waals surface area contributed by atoms with Gasteiger partial charge in [-0.3, -0.25) is 14.4 Å². The van der Waals surface area contributed by atoms with E-state index in [9.17, 15) is 18.0 Å². The van der Waals surface area contributed by atoms with Gasteiger partial charge in [0.15, 0.2) is 0 Å². The van der Waals surface area contributed by atoms with E-state index >= 15 is 0 Å². The quantitative estimate of drug-likeness (QED) is 0.924. The molecular formula is C14H21F3N4O. The number of rotatable bonds is 3. The Kier molecular flexibility index (Phi) is 4.79. The molecule has 1 aliphatic heterocycles. The van der Waals surface area contributed by atoms with Crippen LogP contribution in [0.1, 0.15) is 31.0 Å². The summed E-state index contributed by atoms with van der Waals surface area (Å²) in [4.78, 5) is 12.5. The Hall–Kier alpha value is -1.57. The first-order valence-corrected chi connectivity index (χ1v) is 7.24.